The van der Waals surface area contributed by atoms with Gasteiger partial charge in [0.1, 0.15) is 0 Å². The molecule has 1 rings (SSSR count). The summed E-state index contributed by atoms with van der Waals surface area (Å²) in [5.74, 6) is 0. The van der Waals surface area contributed by atoms with Crippen LogP contribution in [-0.4, -0.2) is 23.8 Å². The van der Waals surface area contributed by atoms with Crippen molar-refractivity contribution in [1.82, 2.24) is 0 Å². The van der Waals surface area contributed by atoms with E-state index in [9.17, 15) is 0 Å². The summed E-state index contributed by atoms with van der Waals surface area (Å²) in [6, 6.07) is 10.2. The lowest BCUT2D eigenvalue weighted by atomic mass is 10.0. The maximum Gasteiger partial charge on any atom is 0.0606 e. The van der Waals surface area contributed by atoms with E-state index in [1.807, 2.05) is 18.2 Å². The van der Waals surface area contributed by atoms with Gasteiger partial charge in [-0.2, -0.15) is 0 Å². The molecule has 1 aromatic rings. The van der Waals surface area contributed by atoms with Crippen LogP contribution in [0.5, 0.6) is 0 Å². The Bertz CT molecular complexity index is 263. The number of aliphatic hydroxyl groups excluding tert-OH is 1. The second-order valence-corrected chi connectivity index (χ2v) is 4.38. The number of β-amino-alcohol motifs (C(OH)–C–C–N with tert-alkyl or cyclic N) is 1. The van der Waals surface area contributed by atoms with Gasteiger partial charge in [0.05, 0.1) is 6.61 Å². The minimum Gasteiger partial charge on any atom is -0.395 e. The number of aliphatic hydroxyl groups is 1. The molecule has 2 nitrogen and oxygen atoms in total. The molecule has 0 amide bonds. The van der Waals surface area contributed by atoms with Gasteiger partial charge in [0.15, 0.2) is 0 Å². The fourth-order valence-corrected chi connectivity index (χ4v) is 1.56. The Balaban J connectivity index is 2.89. The van der Waals surface area contributed by atoms with Crippen LogP contribution in [0.2, 0.25) is 0 Å². The SMILES string of the molecule is CC(C)(C)N(CCO)c1ccccc1. The van der Waals surface area contributed by atoms with Crippen molar-refractivity contribution in [1.29, 1.82) is 0 Å². The lowest BCUT2D eigenvalue weighted by Gasteiger charge is -2.37. The number of rotatable bonds is 3. The smallest absolute Gasteiger partial charge is 0.0606 e. The number of benzene rings is 1. The van der Waals surface area contributed by atoms with E-state index in [4.69, 9.17) is 5.11 Å². The van der Waals surface area contributed by atoms with Crippen LogP contribution in [0.15, 0.2) is 30.3 Å². The largest absolute Gasteiger partial charge is 0.395 e. The Kier molecular flexibility index (Phi) is 3.53. The Hall–Kier alpha value is -1.02. The third-order valence-corrected chi connectivity index (χ3v) is 2.20. The molecule has 0 unspecified atom stereocenters. The molecule has 0 saturated carbocycles. The minimum absolute atomic E-state index is 0.0457. The van der Waals surface area contributed by atoms with E-state index in [1.165, 1.54) is 0 Å². The van der Waals surface area contributed by atoms with E-state index in [0.717, 1.165) is 5.69 Å². The van der Waals surface area contributed by atoms with Gasteiger partial charge in [0, 0.05) is 17.8 Å². The fourth-order valence-electron chi connectivity index (χ4n) is 1.56. The third-order valence-electron chi connectivity index (χ3n) is 2.20. The van der Waals surface area contributed by atoms with Gasteiger partial charge in [-0.05, 0) is 32.9 Å². The van der Waals surface area contributed by atoms with Crippen LogP contribution < -0.4 is 4.90 Å². The third kappa shape index (κ3) is 2.74. The average molecular weight is 193 g/mol. The van der Waals surface area contributed by atoms with Crippen LogP contribution in [0.1, 0.15) is 20.8 Å². The van der Waals surface area contributed by atoms with Gasteiger partial charge >= 0.3 is 0 Å². The van der Waals surface area contributed by atoms with Gasteiger partial charge in [-0.15, -0.1) is 0 Å². The summed E-state index contributed by atoms with van der Waals surface area (Å²) in [5.41, 5.74) is 1.21. The average Bonchev–Trinajstić information content (AvgIpc) is 2.14. The molecule has 0 aliphatic rings. The van der Waals surface area contributed by atoms with Gasteiger partial charge in [0.2, 0.25) is 0 Å². The molecule has 0 radical (unpaired) electrons. The first-order valence-corrected chi connectivity index (χ1v) is 4.99. The maximum absolute atomic E-state index is 9.02. The van der Waals surface area contributed by atoms with Gasteiger partial charge in [-0.25, -0.2) is 0 Å². The van der Waals surface area contributed by atoms with Crippen LogP contribution in [0.3, 0.4) is 0 Å². The molecule has 78 valence electrons. The molecule has 0 aliphatic carbocycles. The second kappa shape index (κ2) is 4.47. The number of nitrogens with zero attached hydrogens (tertiary/aromatic N) is 1. The summed E-state index contributed by atoms with van der Waals surface area (Å²) in [5, 5.41) is 9.02. The molecule has 2 heteroatoms. The molecule has 0 saturated heterocycles. The van der Waals surface area contributed by atoms with E-state index >= 15 is 0 Å². The van der Waals surface area contributed by atoms with E-state index < -0.39 is 0 Å². The van der Waals surface area contributed by atoms with Crippen molar-refractivity contribution in [2.45, 2.75) is 26.3 Å². The zero-order valence-corrected chi connectivity index (χ0v) is 9.20. The van der Waals surface area contributed by atoms with Crippen LogP contribution in [-0.2, 0) is 0 Å². The number of hydrogen-bond acceptors (Lipinski definition) is 2. The highest BCUT2D eigenvalue weighted by Gasteiger charge is 2.20. The zero-order chi connectivity index (χ0) is 10.6. The summed E-state index contributed by atoms with van der Waals surface area (Å²) in [4.78, 5) is 2.20. The minimum atomic E-state index is 0.0457. The predicted molar refractivity (Wildman–Crippen MR) is 60.6 cm³/mol. The van der Waals surface area contributed by atoms with Crippen LogP contribution in [0.4, 0.5) is 5.69 Å². The number of anilines is 1. The maximum atomic E-state index is 9.02. The summed E-state index contributed by atoms with van der Waals surface area (Å²) >= 11 is 0. The van der Waals surface area contributed by atoms with Crippen molar-refractivity contribution in [3.63, 3.8) is 0 Å². The Morgan fingerprint density at radius 3 is 2.14 bits per heavy atom. The lowest BCUT2D eigenvalue weighted by molar-refractivity contribution is 0.290. The fraction of sp³-hybridized carbons (Fsp3) is 0.500. The van der Waals surface area contributed by atoms with Crippen molar-refractivity contribution < 1.29 is 5.11 Å². The summed E-state index contributed by atoms with van der Waals surface area (Å²) in [6.45, 7) is 7.31. The van der Waals surface area contributed by atoms with Gasteiger partial charge < -0.3 is 10.0 Å². The molecule has 0 heterocycles. The lowest BCUT2D eigenvalue weighted by Crippen LogP contribution is -2.43. The van der Waals surface area contributed by atoms with Crippen molar-refractivity contribution >= 4 is 5.69 Å². The van der Waals surface area contributed by atoms with Crippen molar-refractivity contribution in [2.24, 2.45) is 0 Å². The molecule has 0 aliphatic heterocycles. The molecular formula is C12H19NO. The van der Waals surface area contributed by atoms with E-state index in [1.54, 1.807) is 0 Å². The van der Waals surface area contributed by atoms with E-state index in [0.29, 0.717) is 6.54 Å². The number of para-hydroxylation sites is 1. The highest BCUT2D eigenvalue weighted by molar-refractivity contribution is 5.48. The molecule has 1 aromatic carbocycles. The molecular weight excluding hydrogens is 174 g/mol. The van der Waals surface area contributed by atoms with E-state index in [2.05, 4.69) is 37.8 Å². The first-order valence-electron chi connectivity index (χ1n) is 4.99. The topological polar surface area (TPSA) is 23.5 Å². The van der Waals surface area contributed by atoms with Gasteiger partial charge in [-0.3, -0.25) is 0 Å². The zero-order valence-electron chi connectivity index (χ0n) is 9.20. The predicted octanol–water partition coefficient (Wildman–Crippen LogP) is 2.28. The monoisotopic (exact) mass is 193 g/mol. The van der Waals surface area contributed by atoms with Gasteiger partial charge in [0.25, 0.3) is 0 Å². The normalized spacial score (nSPS) is 11.4. The van der Waals surface area contributed by atoms with Crippen LogP contribution in [0, 0.1) is 0 Å². The summed E-state index contributed by atoms with van der Waals surface area (Å²) < 4.78 is 0. The molecule has 1 N–H and O–H groups in total. The van der Waals surface area contributed by atoms with Crippen molar-refractivity contribution in [3.8, 4) is 0 Å². The Morgan fingerprint density at radius 2 is 1.71 bits per heavy atom. The van der Waals surface area contributed by atoms with Gasteiger partial charge in [-0.1, -0.05) is 18.2 Å². The molecule has 14 heavy (non-hydrogen) atoms. The summed E-state index contributed by atoms with van der Waals surface area (Å²) in [7, 11) is 0. The highest BCUT2D eigenvalue weighted by Crippen LogP contribution is 2.22. The van der Waals surface area contributed by atoms with Crippen LogP contribution in [0.25, 0.3) is 0 Å². The quantitative estimate of drug-likeness (QED) is 0.796. The molecule has 0 spiro atoms. The molecule has 0 atom stereocenters. The second-order valence-electron chi connectivity index (χ2n) is 4.38. The first kappa shape index (κ1) is 11.1. The Labute approximate surface area is 86.2 Å². The molecule has 0 aromatic heterocycles. The van der Waals surface area contributed by atoms with E-state index in [-0.39, 0.29) is 12.1 Å². The highest BCUT2D eigenvalue weighted by atomic mass is 16.3. The van der Waals surface area contributed by atoms with Crippen molar-refractivity contribution in [2.75, 3.05) is 18.1 Å². The first-order chi connectivity index (χ1) is 6.55. The molecule has 0 bridgehead atoms. The molecule has 0 fully saturated rings. The standard InChI is InChI=1S/C12H19NO/c1-12(2,3)13(9-10-14)11-7-5-4-6-8-11/h4-8,14H,9-10H2,1-3H3. The summed E-state index contributed by atoms with van der Waals surface area (Å²) in [6.07, 6.45) is 0. The van der Waals surface area contributed by atoms with Crippen LogP contribution >= 0.6 is 0 Å². The number of hydrogen-bond donors (Lipinski definition) is 1. The van der Waals surface area contributed by atoms with Crippen molar-refractivity contribution in [3.05, 3.63) is 30.3 Å². The Morgan fingerprint density at radius 1 is 1.14 bits per heavy atom.